The predicted molar refractivity (Wildman–Crippen MR) is 70.8 cm³/mol. The van der Waals surface area contributed by atoms with Crippen LogP contribution in [-0.4, -0.2) is 6.54 Å². The van der Waals surface area contributed by atoms with E-state index in [0.717, 1.165) is 17.8 Å². The summed E-state index contributed by atoms with van der Waals surface area (Å²) in [6.07, 6.45) is 6.22. The van der Waals surface area contributed by atoms with Gasteiger partial charge in [0, 0.05) is 10.9 Å². The topological polar surface area (TPSA) is 25.2 Å². The molecule has 0 saturated heterocycles. The summed E-state index contributed by atoms with van der Waals surface area (Å²) in [6.45, 7) is 4.78. The Balaban J connectivity index is 2.43. The maximum absolute atomic E-state index is 5.92. The van der Waals surface area contributed by atoms with Gasteiger partial charge < -0.3 is 4.42 Å². The van der Waals surface area contributed by atoms with Crippen molar-refractivity contribution in [1.29, 1.82) is 0 Å². The van der Waals surface area contributed by atoms with Crippen molar-refractivity contribution in [2.75, 3.05) is 6.54 Å². The van der Waals surface area contributed by atoms with Crippen molar-refractivity contribution in [1.82, 2.24) is 5.32 Å². The van der Waals surface area contributed by atoms with Gasteiger partial charge >= 0.3 is 0 Å². The van der Waals surface area contributed by atoms with Crippen LogP contribution in [0, 0.1) is 12.3 Å². The summed E-state index contributed by atoms with van der Waals surface area (Å²) in [5, 5.41) is 4.46. The van der Waals surface area contributed by atoms with Gasteiger partial charge in [-0.05, 0) is 19.4 Å². The van der Waals surface area contributed by atoms with Gasteiger partial charge in [-0.2, -0.15) is 0 Å². The van der Waals surface area contributed by atoms with Gasteiger partial charge in [0.2, 0.25) is 0 Å². The van der Waals surface area contributed by atoms with Crippen molar-refractivity contribution in [3.63, 3.8) is 0 Å². The largest absolute Gasteiger partial charge is 0.459 e. The second-order valence-corrected chi connectivity index (χ2v) is 4.10. The second kappa shape index (κ2) is 5.07. The summed E-state index contributed by atoms with van der Waals surface area (Å²) in [4.78, 5) is 0. The van der Waals surface area contributed by atoms with E-state index in [0.29, 0.717) is 6.54 Å². The Kier molecular flexibility index (Phi) is 3.51. The monoisotopic (exact) mass is 227 g/mol. The first-order valence-corrected chi connectivity index (χ1v) is 5.95. The summed E-state index contributed by atoms with van der Waals surface area (Å²) >= 11 is 0. The number of fused-ring (bicyclic) bond motifs is 1. The summed E-state index contributed by atoms with van der Waals surface area (Å²) < 4.78 is 5.92. The molecule has 17 heavy (non-hydrogen) atoms. The average Bonchev–Trinajstić information content (AvgIpc) is 2.74. The molecule has 0 aliphatic rings. The fourth-order valence-electron chi connectivity index (χ4n) is 2.14. The molecule has 1 atom stereocenters. The number of hydrogen-bond acceptors (Lipinski definition) is 2. The van der Waals surface area contributed by atoms with Crippen LogP contribution in [0.15, 0.2) is 28.7 Å². The van der Waals surface area contributed by atoms with Gasteiger partial charge in [-0.25, -0.2) is 0 Å². The van der Waals surface area contributed by atoms with Gasteiger partial charge in [0.15, 0.2) is 0 Å². The Bertz CT molecular complexity index is 548. The molecule has 0 fully saturated rings. The standard InChI is InChI=1S/C15H17NO/c1-4-10-16-11(3)15-12(5-2)13-8-6-7-9-14(13)17-15/h1,6-9,11,16H,5,10H2,2-3H3. The quantitative estimate of drug-likeness (QED) is 0.811. The van der Waals surface area contributed by atoms with E-state index in [1.165, 1.54) is 10.9 Å². The molecular formula is C15H17NO. The maximum Gasteiger partial charge on any atom is 0.134 e. The van der Waals surface area contributed by atoms with Crippen LogP contribution in [0.25, 0.3) is 11.0 Å². The highest BCUT2D eigenvalue weighted by Gasteiger charge is 2.17. The zero-order valence-corrected chi connectivity index (χ0v) is 10.3. The molecule has 0 amide bonds. The van der Waals surface area contributed by atoms with E-state index in [1.807, 2.05) is 18.2 Å². The number of benzene rings is 1. The average molecular weight is 227 g/mol. The third-order valence-corrected chi connectivity index (χ3v) is 2.99. The summed E-state index contributed by atoms with van der Waals surface area (Å²) in [7, 11) is 0. The summed E-state index contributed by atoms with van der Waals surface area (Å²) in [5.41, 5.74) is 2.23. The lowest BCUT2D eigenvalue weighted by Crippen LogP contribution is -2.19. The fourth-order valence-corrected chi connectivity index (χ4v) is 2.14. The highest BCUT2D eigenvalue weighted by atomic mass is 16.3. The molecule has 2 heteroatoms. The Hall–Kier alpha value is -1.72. The molecule has 2 rings (SSSR count). The minimum Gasteiger partial charge on any atom is -0.459 e. The zero-order valence-electron chi connectivity index (χ0n) is 10.3. The van der Waals surface area contributed by atoms with Gasteiger partial charge in [0.25, 0.3) is 0 Å². The van der Waals surface area contributed by atoms with E-state index in [4.69, 9.17) is 10.8 Å². The lowest BCUT2D eigenvalue weighted by Gasteiger charge is -2.10. The minimum absolute atomic E-state index is 0.147. The Morgan fingerprint density at radius 2 is 2.18 bits per heavy atom. The molecule has 88 valence electrons. The molecule has 0 bridgehead atoms. The molecule has 1 heterocycles. The van der Waals surface area contributed by atoms with Crippen LogP contribution in [0.5, 0.6) is 0 Å². The third-order valence-electron chi connectivity index (χ3n) is 2.99. The molecule has 1 unspecified atom stereocenters. The predicted octanol–water partition coefficient (Wildman–Crippen LogP) is 3.28. The number of hydrogen-bond donors (Lipinski definition) is 1. The number of aryl methyl sites for hydroxylation is 1. The van der Waals surface area contributed by atoms with E-state index < -0.39 is 0 Å². The van der Waals surface area contributed by atoms with Gasteiger partial charge in [0.05, 0.1) is 12.6 Å². The normalized spacial score (nSPS) is 12.5. The molecule has 2 nitrogen and oxygen atoms in total. The van der Waals surface area contributed by atoms with Gasteiger partial charge in [-0.15, -0.1) is 6.42 Å². The van der Waals surface area contributed by atoms with Gasteiger partial charge in [0.1, 0.15) is 11.3 Å². The van der Waals surface area contributed by atoms with Crippen LogP contribution in [0.2, 0.25) is 0 Å². The molecule has 1 aromatic heterocycles. The molecule has 1 aromatic carbocycles. The van der Waals surface area contributed by atoms with E-state index in [1.54, 1.807) is 0 Å². The van der Waals surface area contributed by atoms with E-state index in [2.05, 4.69) is 31.2 Å². The molecular weight excluding hydrogens is 210 g/mol. The van der Waals surface area contributed by atoms with Crippen molar-refractivity contribution < 1.29 is 4.42 Å². The van der Waals surface area contributed by atoms with Crippen LogP contribution in [0.4, 0.5) is 0 Å². The lowest BCUT2D eigenvalue weighted by atomic mass is 10.1. The van der Waals surface area contributed by atoms with Crippen LogP contribution < -0.4 is 5.32 Å². The SMILES string of the molecule is C#CCNC(C)c1oc2ccccc2c1CC. The van der Waals surface area contributed by atoms with Crippen molar-refractivity contribution in [2.24, 2.45) is 0 Å². The van der Waals surface area contributed by atoms with Crippen molar-refractivity contribution in [3.8, 4) is 12.3 Å². The fraction of sp³-hybridized carbons (Fsp3) is 0.333. The first-order chi connectivity index (χ1) is 8.27. The van der Waals surface area contributed by atoms with Crippen LogP contribution >= 0.6 is 0 Å². The number of terminal acetylenes is 1. The first kappa shape index (κ1) is 11.8. The highest BCUT2D eigenvalue weighted by Crippen LogP contribution is 2.30. The summed E-state index contributed by atoms with van der Waals surface area (Å²) in [5.74, 6) is 3.59. The Morgan fingerprint density at radius 1 is 1.41 bits per heavy atom. The molecule has 0 spiro atoms. The minimum atomic E-state index is 0.147. The summed E-state index contributed by atoms with van der Waals surface area (Å²) in [6, 6.07) is 8.30. The molecule has 0 aliphatic carbocycles. The third kappa shape index (κ3) is 2.20. The van der Waals surface area contributed by atoms with E-state index >= 15 is 0 Å². The molecule has 1 N–H and O–H groups in total. The number of furan rings is 1. The lowest BCUT2D eigenvalue weighted by molar-refractivity contribution is 0.461. The molecule has 0 saturated carbocycles. The number of para-hydroxylation sites is 1. The Labute approximate surface area is 102 Å². The van der Waals surface area contributed by atoms with Crippen molar-refractivity contribution >= 4 is 11.0 Å². The number of nitrogens with one attached hydrogen (secondary N) is 1. The molecule has 0 radical (unpaired) electrons. The molecule has 0 aliphatic heterocycles. The van der Waals surface area contributed by atoms with Gasteiger partial charge in [-0.3, -0.25) is 5.32 Å². The van der Waals surface area contributed by atoms with Crippen LogP contribution in [-0.2, 0) is 6.42 Å². The molecule has 2 aromatic rings. The zero-order chi connectivity index (χ0) is 12.3. The van der Waals surface area contributed by atoms with Crippen molar-refractivity contribution in [3.05, 3.63) is 35.6 Å². The Morgan fingerprint density at radius 3 is 2.88 bits per heavy atom. The maximum atomic E-state index is 5.92. The van der Waals surface area contributed by atoms with E-state index in [-0.39, 0.29) is 6.04 Å². The van der Waals surface area contributed by atoms with E-state index in [9.17, 15) is 0 Å². The second-order valence-electron chi connectivity index (χ2n) is 4.10. The van der Waals surface area contributed by atoms with Gasteiger partial charge in [-0.1, -0.05) is 31.0 Å². The smallest absolute Gasteiger partial charge is 0.134 e. The number of rotatable bonds is 4. The highest BCUT2D eigenvalue weighted by molar-refractivity contribution is 5.82. The first-order valence-electron chi connectivity index (χ1n) is 5.95. The van der Waals surface area contributed by atoms with Crippen LogP contribution in [0.1, 0.15) is 31.2 Å². The van der Waals surface area contributed by atoms with Crippen LogP contribution in [0.3, 0.4) is 0 Å². The van der Waals surface area contributed by atoms with Crippen molar-refractivity contribution in [2.45, 2.75) is 26.3 Å².